The van der Waals surface area contributed by atoms with Crippen LogP contribution in [0.5, 0.6) is 5.75 Å². The number of carbonyl (C=O) groups is 2. The number of amides is 2. The smallest absolute Gasteiger partial charge is 0.258 e. The molecule has 0 spiro atoms. The van der Waals surface area contributed by atoms with Gasteiger partial charge in [0.1, 0.15) is 11.6 Å². The quantitative estimate of drug-likeness (QED) is 0.690. The zero-order chi connectivity index (χ0) is 19.9. The van der Waals surface area contributed by atoms with Crippen molar-refractivity contribution in [1.82, 2.24) is 10.6 Å². The second-order valence-electron chi connectivity index (χ2n) is 6.52. The monoisotopic (exact) mass is 405 g/mol. The average Bonchev–Trinajstić information content (AvgIpc) is 2.70. The summed E-state index contributed by atoms with van der Waals surface area (Å²) in [5, 5.41) is 8.86. The van der Waals surface area contributed by atoms with Gasteiger partial charge in [0, 0.05) is 24.3 Å². The van der Waals surface area contributed by atoms with Crippen LogP contribution in [-0.4, -0.2) is 37.0 Å². The van der Waals surface area contributed by atoms with Crippen molar-refractivity contribution in [2.45, 2.75) is 24.9 Å². The molecule has 2 aromatic carbocycles. The Morgan fingerprint density at radius 2 is 1.96 bits per heavy atom. The SMILES string of the molecule is O=C(COc1ccc(Cl)c(F)c1)N[C@H]1CC[C@H](C(=O)Nc2ccccc2)NC1. The first-order valence-corrected chi connectivity index (χ1v) is 9.35. The molecule has 3 N–H and O–H groups in total. The highest BCUT2D eigenvalue weighted by atomic mass is 35.5. The van der Waals surface area contributed by atoms with Gasteiger partial charge in [0.2, 0.25) is 5.91 Å². The van der Waals surface area contributed by atoms with Crippen molar-refractivity contribution in [2.24, 2.45) is 0 Å². The summed E-state index contributed by atoms with van der Waals surface area (Å²) in [6.07, 6.45) is 1.27. The van der Waals surface area contributed by atoms with Gasteiger partial charge in [0.25, 0.3) is 5.91 Å². The molecule has 3 rings (SSSR count). The van der Waals surface area contributed by atoms with E-state index in [1.54, 1.807) is 0 Å². The second kappa shape index (κ2) is 9.52. The number of hydrogen-bond donors (Lipinski definition) is 3. The van der Waals surface area contributed by atoms with E-state index in [1.165, 1.54) is 12.1 Å². The first kappa shape index (κ1) is 20.1. The maximum Gasteiger partial charge on any atom is 0.258 e. The summed E-state index contributed by atoms with van der Waals surface area (Å²) < 4.78 is 18.6. The molecule has 28 heavy (non-hydrogen) atoms. The van der Waals surface area contributed by atoms with E-state index >= 15 is 0 Å². The van der Waals surface area contributed by atoms with Gasteiger partial charge in [-0.05, 0) is 37.1 Å². The molecule has 0 saturated carbocycles. The first-order valence-electron chi connectivity index (χ1n) is 8.98. The Morgan fingerprint density at radius 3 is 2.64 bits per heavy atom. The molecule has 2 amide bonds. The van der Waals surface area contributed by atoms with E-state index in [9.17, 15) is 14.0 Å². The third-order valence-corrected chi connectivity index (χ3v) is 4.70. The predicted molar refractivity (Wildman–Crippen MR) is 105 cm³/mol. The predicted octanol–water partition coefficient (Wildman–Crippen LogP) is 2.73. The van der Waals surface area contributed by atoms with Crippen molar-refractivity contribution in [3.05, 3.63) is 59.4 Å². The number of ether oxygens (including phenoxy) is 1. The van der Waals surface area contributed by atoms with Crippen LogP contribution in [0.15, 0.2) is 48.5 Å². The van der Waals surface area contributed by atoms with Gasteiger partial charge in [-0.1, -0.05) is 29.8 Å². The maximum absolute atomic E-state index is 13.4. The number of benzene rings is 2. The molecule has 0 bridgehead atoms. The third kappa shape index (κ3) is 5.68. The van der Waals surface area contributed by atoms with Crippen LogP contribution < -0.4 is 20.7 Å². The number of carbonyl (C=O) groups excluding carboxylic acids is 2. The second-order valence-corrected chi connectivity index (χ2v) is 6.93. The highest BCUT2D eigenvalue weighted by Gasteiger charge is 2.26. The molecule has 1 fully saturated rings. The topological polar surface area (TPSA) is 79.5 Å². The van der Waals surface area contributed by atoms with Crippen molar-refractivity contribution in [1.29, 1.82) is 0 Å². The first-order chi connectivity index (χ1) is 13.5. The standard InChI is InChI=1S/C20H21ClFN3O3/c21-16-8-7-15(10-17(16)22)28-12-19(26)24-14-6-9-18(23-11-14)20(27)25-13-4-2-1-3-5-13/h1-5,7-8,10,14,18,23H,6,9,11-12H2,(H,24,26)(H,25,27)/t14-,18+/m0/s1. The van der Waals surface area contributed by atoms with E-state index in [-0.39, 0.29) is 41.3 Å². The molecular formula is C20H21ClFN3O3. The number of piperidine rings is 1. The Kier molecular flexibility index (Phi) is 6.84. The number of halogens is 2. The molecule has 0 aliphatic carbocycles. The summed E-state index contributed by atoms with van der Waals surface area (Å²) in [6.45, 7) is 0.254. The number of rotatable bonds is 6. The Labute approximate surface area is 167 Å². The van der Waals surface area contributed by atoms with Crippen LogP contribution in [0.4, 0.5) is 10.1 Å². The number of nitrogens with one attached hydrogen (secondary N) is 3. The molecule has 0 unspecified atom stereocenters. The van der Waals surface area contributed by atoms with Crippen LogP contribution in [0.25, 0.3) is 0 Å². The van der Waals surface area contributed by atoms with Gasteiger partial charge in [-0.2, -0.15) is 0 Å². The zero-order valence-corrected chi connectivity index (χ0v) is 15.8. The fraction of sp³-hybridized carbons (Fsp3) is 0.300. The molecule has 148 valence electrons. The highest BCUT2D eigenvalue weighted by molar-refractivity contribution is 6.30. The van der Waals surface area contributed by atoms with Crippen molar-refractivity contribution in [3.63, 3.8) is 0 Å². The summed E-state index contributed by atoms with van der Waals surface area (Å²) in [6, 6.07) is 12.9. The molecule has 0 radical (unpaired) electrons. The van der Waals surface area contributed by atoms with Gasteiger partial charge in [-0.3, -0.25) is 9.59 Å². The van der Waals surface area contributed by atoms with Crippen LogP contribution >= 0.6 is 11.6 Å². The maximum atomic E-state index is 13.4. The summed E-state index contributed by atoms with van der Waals surface area (Å²) >= 11 is 5.61. The van der Waals surface area contributed by atoms with Gasteiger partial charge in [0.05, 0.1) is 11.1 Å². The molecule has 1 saturated heterocycles. The van der Waals surface area contributed by atoms with E-state index in [0.29, 0.717) is 19.4 Å². The molecule has 8 heteroatoms. The minimum atomic E-state index is -0.601. The van der Waals surface area contributed by atoms with Crippen LogP contribution in [0.1, 0.15) is 12.8 Å². The van der Waals surface area contributed by atoms with E-state index in [1.807, 2.05) is 30.3 Å². The summed E-state index contributed by atoms with van der Waals surface area (Å²) in [5.74, 6) is -0.772. The number of anilines is 1. The molecule has 2 atom stereocenters. The van der Waals surface area contributed by atoms with E-state index in [2.05, 4.69) is 16.0 Å². The normalized spacial score (nSPS) is 18.9. The average molecular weight is 406 g/mol. The minimum absolute atomic E-state index is 0.00376. The number of para-hydroxylation sites is 1. The van der Waals surface area contributed by atoms with Crippen LogP contribution in [-0.2, 0) is 9.59 Å². The van der Waals surface area contributed by atoms with Crippen LogP contribution in [0.2, 0.25) is 5.02 Å². The van der Waals surface area contributed by atoms with E-state index in [4.69, 9.17) is 16.3 Å². The molecule has 1 aliphatic heterocycles. The molecule has 1 aliphatic rings. The lowest BCUT2D eigenvalue weighted by Gasteiger charge is -2.29. The van der Waals surface area contributed by atoms with Gasteiger partial charge >= 0.3 is 0 Å². The van der Waals surface area contributed by atoms with E-state index in [0.717, 1.165) is 11.8 Å². The molecule has 2 aromatic rings. The molecule has 1 heterocycles. The zero-order valence-electron chi connectivity index (χ0n) is 15.1. The lowest BCUT2D eigenvalue weighted by atomic mass is 10.00. The molecule has 6 nitrogen and oxygen atoms in total. The van der Waals surface area contributed by atoms with Crippen LogP contribution in [0, 0.1) is 5.82 Å². The van der Waals surface area contributed by atoms with Gasteiger partial charge in [-0.25, -0.2) is 4.39 Å². The lowest BCUT2D eigenvalue weighted by Crippen LogP contribution is -2.53. The minimum Gasteiger partial charge on any atom is -0.484 e. The fourth-order valence-corrected chi connectivity index (χ4v) is 3.06. The third-order valence-electron chi connectivity index (χ3n) is 4.40. The van der Waals surface area contributed by atoms with Crippen molar-refractivity contribution < 1.29 is 18.7 Å². The summed E-state index contributed by atoms with van der Waals surface area (Å²) in [5.41, 5.74) is 0.750. The van der Waals surface area contributed by atoms with Crippen LogP contribution in [0.3, 0.4) is 0 Å². The lowest BCUT2D eigenvalue weighted by molar-refractivity contribution is -0.124. The Bertz CT molecular complexity index is 827. The van der Waals surface area contributed by atoms with Gasteiger partial charge < -0.3 is 20.7 Å². The Hall–Kier alpha value is -2.64. The number of hydrogen-bond acceptors (Lipinski definition) is 4. The summed E-state index contributed by atoms with van der Waals surface area (Å²) in [4.78, 5) is 24.3. The fourth-order valence-electron chi connectivity index (χ4n) is 2.94. The molecule has 0 aromatic heterocycles. The van der Waals surface area contributed by atoms with Gasteiger partial charge in [-0.15, -0.1) is 0 Å². The van der Waals surface area contributed by atoms with Crippen molar-refractivity contribution >= 4 is 29.1 Å². The van der Waals surface area contributed by atoms with E-state index < -0.39 is 5.82 Å². The van der Waals surface area contributed by atoms with Crippen molar-refractivity contribution in [2.75, 3.05) is 18.5 Å². The highest BCUT2D eigenvalue weighted by Crippen LogP contribution is 2.20. The Balaban J connectivity index is 1.39. The van der Waals surface area contributed by atoms with Gasteiger partial charge in [0.15, 0.2) is 6.61 Å². The molecular weight excluding hydrogens is 385 g/mol. The van der Waals surface area contributed by atoms with Crippen molar-refractivity contribution in [3.8, 4) is 5.75 Å². The summed E-state index contributed by atoms with van der Waals surface area (Å²) in [7, 11) is 0. The largest absolute Gasteiger partial charge is 0.484 e. The Morgan fingerprint density at radius 1 is 1.18 bits per heavy atom.